The smallest absolute Gasteiger partial charge is 0.165 e. The van der Waals surface area contributed by atoms with E-state index in [9.17, 15) is 0 Å². The molecule has 3 heterocycles. The first-order valence-corrected chi connectivity index (χ1v) is 9.74. The van der Waals surface area contributed by atoms with Crippen LogP contribution >= 0.6 is 11.6 Å². The van der Waals surface area contributed by atoms with Gasteiger partial charge < -0.3 is 0 Å². The highest BCUT2D eigenvalue weighted by atomic mass is 35.5. The summed E-state index contributed by atoms with van der Waals surface area (Å²) < 4.78 is 3.81. The molecule has 0 aliphatic rings. The fraction of sp³-hybridized carbons (Fsp3) is 0.318. The average molecular weight is 394 g/mol. The van der Waals surface area contributed by atoms with Gasteiger partial charge in [-0.2, -0.15) is 14.7 Å². The Labute approximate surface area is 170 Å². The third-order valence-electron chi connectivity index (χ3n) is 4.88. The lowest BCUT2D eigenvalue weighted by atomic mass is 9.92. The van der Waals surface area contributed by atoms with Crippen LogP contribution in [0.1, 0.15) is 43.5 Å². The largest absolute Gasteiger partial charge is 0.232 e. The summed E-state index contributed by atoms with van der Waals surface area (Å²) in [6.45, 7) is 12.5. The minimum Gasteiger partial charge on any atom is -0.232 e. The van der Waals surface area contributed by atoms with Crippen LogP contribution in [0.3, 0.4) is 0 Å². The molecular weight excluding hydrogens is 370 g/mol. The van der Waals surface area contributed by atoms with Crippen molar-refractivity contribution in [2.45, 2.75) is 47.0 Å². The van der Waals surface area contributed by atoms with Crippen LogP contribution < -0.4 is 0 Å². The second kappa shape index (κ2) is 6.45. The Morgan fingerprint density at radius 1 is 0.964 bits per heavy atom. The van der Waals surface area contributed by atoms with Gasteiger partial charge in [0.05, 0.1) is 22.6 Å². The van der Waals surface area contributed by atoms with Gasteiger partial charge in [-0.1, -0.05) is 50.6 Å². The van der Waals surface area contributed by atoms with Gasteiger partial charge in [0.2, 0.25) is 0 Å². The SMILES string of the molecule is Cc1cc(C)n(-c2cc(C(C)(C)C)nc3c(-c4ccccc4Cl)c(C)nn23)n1. The van der Waals surface area contributed by atoms with Crippen molar-refractivity contribution >= 4 is 17.2 Å². The molecule has 0 N–H and O–H groups in total. The number of aromatic nitrogens is 5. The zero-order valence-electron chi connectivity index (χ0n) is 17.1. The van der Waals surface area contributed by atoms with Gasteiger partial charge in [0.1, 0.15) is 0 Å². The number of halogens is 1. The average Bonchev–Trinajstić information content (AvgIpc) is 3.12. The molecule has 0 fully saturated rings. The van der Waals surface area contributed by atoms with E-state index in [-0.39, 0.29) is 5.41 Å². The summed E-state index contributed by atoms with van der Waals surface area (Å²) in [5.41, 5.74) is 6.45. The highest BCUT2D eigenvalue weighted by Gasteiger charge is 2.24. The molecule has 0 unspecified atom stereocenters. The van der Waals surface area contributed by atoms with Gasteiger partial charge in [0, 0.05) is 27.8 Å². The van der Waals surface area contributed by atoms with Crippen molar-refractivity contribution in [3.8, 4) is 16.9 Å². The lowest BCUT2D eigenvalue weighted by Crippen LogP contribution is -2.17. The Morgan fingerprint density at radius 3 is 2.29 bits per heavy atom. The fourth-order valence-electron chi connectivity index (χ4n) is 3.48. The molecule has 3 aromatic heterocycles. The quantitative estimate of drug-likeness (QED) is 0.454. The van der Waals surface area contributed by atoms with Crippen molar-refractivity contribution in [2.75, 3.05) is 0 Å². The molecule has 6 heteroatoms. The second-order valence-electron chi connectivity index (χ2n) is 8.26. The van der Waals surface area contributed by atoms with Gasteiger partial charge in [0.15, 0.2) is 11.5 Å². The summed E-state index contributed by atoms with van der Waals surface area (Å²) in [6, 6.07) is 12.0. The van der Waals surface area contributed by atoms with Crippen molar-refractivity contribution in [1.82, 2.24) is 24.4 Å². The topological polar surface area (TPSA) is 48.0 Å². The van der Waals surface area contributed by atoms with E-state index in [2.05, 4.69) is 38.0 Å². The number of hydrogen-bond acceptors (Lipinski definition) is 3. The fourth-order valence-corrected chi connectivity index (χ4v) is 3.71. The highest BCUT2D eigenvalue weighted by molar-refractivity contribution is 6.33. The molecule has 0 spiro atoms. The van der Waals surface area contributed by atoms with E-state index in [1.54, 1.807) is 0 Å². The van der Waals surface area contributed by atoms with E-state index < -0.39 is 0 Å². The molecular formula is C22H24ClN5. The van der Waals surface area contributed by atoms with E-state index in [1.807, 2.05) is 54.2 Å². The minimum atomic E-state index is -0.122. The van der Waals surface area contributed by atoms with Crippen LogP contribution in [0.5, 0.6) is 0 Å². The standard InChI is InChI=1S/C22H24ClN5/c1-13-11-14(2)27(25-13)19-12-18(22(4,5)6)24-21-20(15(3)26-28(19)21)16-9-7-8-10-17(16)23/h7-12H,1-6H3. The Morgan fingerprint density at radius 2 is 1.68 bits per heavy atom. The first-order valence-electron chi connectivity index (χ1n) is 9.36. The number of benzene rings is 1. The summed E-state index contributed by atoms with van der Waals surface area (Å²) in [7, 11) is 0. The van der Waals surface area contributed by atoms with Crippen LogP contribution in [0.2, 0.25) is 5.02 Å². The maximum Gasteiger partial charge on any atom is 0.165 e. The zero-order chi connectivity index (χ0) is 20.2. The predicted molar refractivity (Wildman–Crippen MR) is 113 cm³/mol. The lowest BCUT2D eigenvalue weighted by Gasteiger charge is -2.20. The third kappa shape index (κ3) is 3.00. The molecule has 144 valence electrons. The molecule has 5 nitrogen and oxygen atoms in total. The molecule has 28 heavy (non-hydrogen) atoms. The van der Waals surface area contributed by atoms with Crippen LogP contribution in [0, 0.1) is 20.8 Å². The molecule has 0 aliphatic carbocycles. The molecule has 0 saturated heterocycles. The second-order valence-corrected chi connectivity index (χ2v) is 8.67. The summed E-state index contributed by atoms with van der Waals surface area (Å²) >= 11 is 6.52. The molecule has 4 rings (SSSR count). The van der Waals surface area contributed by atoms with Crippen molar-refractivity contribution in [2.24, 2.45) is 0 Å². The summed E-state index contributed by atoms with van der Waals surface area (Å²) in [6.07, 6.45) is 0. The van der Waals surface area contributed by atoms with Crippen LogP contribution in [0.15, 0.2) is 36.4 Å². The number of rotatable bonds is 2. The number of hydrogen-bond donors (Lipinski definition) is 0. The monoisotopic (exact) mass is 393 g/mol. The summed E-state index contributed by atoms with van der Waals surface area (Å²) in [4.78, 5) is 5.01. The maximum absolute atomic E-state index is 6.52. The van der Waals surface area contributed by atoms with Gasteiger partial charge in [0.25, 0.3) is 0 Å². The van der Waals surface area contributed by atoms with E-state index in [0.717, 1.165) is 45.4 Å². The van der Waals surface area contributed by atoms with E-state index in [0.29, 0.717) is 5.02 Å². The maximum atomic E-state index is 6.52. The van der Waals surface area contributed by atoms with Gasteiger partial charge in [-0.25, -0.2) is 9.67 Å². The molecule has 0 saturated carbocycles. The van der Waals surface area contributed by atoms with Gasteiger partial charge in [-0.15, -0.1) is 0 Å². The van der Waals surface area contributed by atoms with Crippen molar-refractivity contribution in [3.05, 3.63) is 64.2 Å². The van der Waals surface area contributed by atoms with E-state index >= 15 is 0 Å². The van der Waals surface area contributed by atoms with Crippen LogP contribution in [0.4, 0.5) is 0 Å². The van der Waals surface area contributed by atoms with Crippen molar-refractivity contribution in [1.29, 1.82) is 0 Å². The zero-order valence-corrected chi connectivity index (χ0v) is 17.8. The minimum absolute atomic E-state index is 0.122. The molecule has 4 aromatic rings. The van der Waals surface area contributed by atoms with Gasteiger partial charge >= 0.3 is 0 Å². The van der Waals surface area contributed by atoms with E-state index in [1.165, 1.54) is 0 Å². The lowest BCUT2D eigenvalue weighted by molar-refractivity contribution is 0.565. The van der Waals surface area contributed by atoms with E-state index in [4.69, 9.17) is 21.7 Å². The first kappa shape index (κ1) is 18.7. The Balaban J connectivity index is 2.13. The van der Waals surface area contributed by atoms with Gasteiger partial charge in [-0.3, -0.25) is 0 Å². The number of nitrogens with zero attached hydrogens (tertiary/aromatic N) is 5. The van der Waals surface area contributed by atoms with Crippen molar-refractivity contribution in [3.63, 3.8) is 0 Å². The Hall–Kier alpha value is -2.66. The van der Waals surface area contributed by atoms with Crippen LogP contribution in [0.25, 0.3) is 22.6 Å². The normalized spacial score (nSPS) is 12.1. The summed E-state index contributed by atoms with van der Waals surface area (Å²) in [5, 5.41) is 10.2. The third-order valence-corrected chi connectivity index (χ3v) is 5.21. The van der Waals surface area contributed by atoms with Gasteiger partial charge in [-0.05, 0) is 32.9 Å². The highest BCUT2D eigenvalue weighted by Crippen LogP contribution is 2.35. The molecule has 0 atom stereocenters. The molecule has 0 amide bonds. The first-order chi connectivity index (χ1) is 13.2. The Kier molecular flexibility index (Phi) is 4.31. The Bertz CT molecular complexity index is 1190. The molecule has 0 bridgehead atoms. The molecule has 1 aromatic carbocycles. The van der Waals surface area contributed by atoms with Crippen LogP contribution in [-0.4, -0.2) is 24.4 Å². The predicted octanol–water partition coefficient (Wildman–Crippen LogP) is 5.46. The number of fused-ring (bicyclic) bond motifs is 1. The molecule has 0 aliphatic heterocycles. The van der Waals surface area contributed by atoms with Crippen molar-refractivity contribution < 1.29 is 0 Å². The summed E-state index contributed by atoms with van der Waals surface area (Å²) in [5.74, 6) is 0.877. The number of aryl methyl sites for hydroxylation is 3. The van der Waals surface area contributed by atoms with Crippen LogP contribution in [-0.2, 0) is 5.41 Å². The molecule has 0 radical (unpaired) electrons.